The Morgan fingerprint density at radius 2 is 2.09 bits per heavy atom. The summed E-state index contributed by atoms with van der Waals surface area (Å²) in [6, 6.07) is 6.29. The molecule has 2 rings (SSSR count). The Balaban J connectivity index is 2.19. The fourth-order valence-corrected chi connectivity index (χ4v) is 3.03. The molecule has 0 atom stereocenters. The quantitative estimate of drug-likeness (QED) is 0.845. The molecule has 1 aliphatic rings. The number of ether oxygens (including phenoxy) is 1. The van der Waals surface area contributed by atoms with E-state index in [1.54, 1.807) is 6.07 Å². The highest BCUT2D eigenvalue weighted by molar-refractivity contribution is 5.88. The summed E-state index contributed by atoms with van der Waals surface area (Å²) in [7, 11) is 0. The lowest BCUT2D eigenvalue weighted by Gasteiger charge is -2.37. The van der Waals surface area contributed by atoms with Crippen molar-refractivity contribution in [2.24, 2.45) is 5.41 Å². The average molecular weight is 323 g/mol. The molecule has 5 heteroatoms. The van der Waals surface area contributed by atoms with Crippen LogP contribution in [0.5, 0.6) is 0 Å². The van der Waals surface area contributed by atoms with Crippen molar-refractivity contribution < 1.29 is 19.0 Å². The van der Waals surface area contributed by atoms with Crippen molar-refractivity contribution in [3.8, 4) is 0 Å². The van der Waals surface area contributed by atoms with Crippen molar-refractivity contribution in [3.63, 3.8) is 0 Å². The van der Waals surface area contributed by atoms with E-state index in [1.807, 2.05) is 19.9 Å². The van der Waals surface area contributed by atoms with Crippen LogP contribution in [0.2, 0.25) is 0 Å². The topological polar surface area (TPSA) is 58.6 Å². The van der Waals surface area contributed by atoms with Crippen LogP contribution in [0, 0.1) is 11.2 Å². The predicted molar refractivity (Wildman–Crippen MR) is 86.6 cm³/mol. The van der Waals surface area contributed by atoms with Crippen molar-refractivity contribution in [1.29, 1.82) is 0 Å². The van der Waals surface area contributed by atoms with E-state index in [2.05, 4.69) is 5.32 Å². The van der Waals surface area contributed by atoms with E-state index in [-0.39, 0.29) is 23.7 Å². The molecule has 0 saturated carbocycles. The normalized spacial score (nSPS) is 17.7. The Bertz CT molecular complexity index is 539. The molecule has 1 heterocycles. The molecule has 23 heavy (non-hydrogen) atoms. The first kappa shape index (κ1) is 17.9. The van der Waals surface area contributed by atoms with Gasteiger partial charge in [-0.05, 0) is 42.4 Å². The standard InChI is InChI=1S/C18H26FNO3/c1-17(2,6-9-21)13-20-16(22)18(7-10-23-11-8-18)14-4-3-5-15(19)12-14/h3-5,12,21H,6-11,13H2,1-2H3,(H,20,22). The molecule has 1 aromatic carbocycles. The smallest absolute Gasteiger partial charge is 0.230 e. The molecule has 0 aliphatic carbocycles. The highest BCUT2D eigenvalue weighted by Crippen LogP contribution is 2.35. The molecule has 1 aliphatic heterocycles. The lowest BCUT2D eigenvalue weighted by atomic mass is 9.73. The van der Waals surface area contributed by atoms with E-state index in [0.717, 1.165) is 0 Å². The molecule has 1 aromatic rings. The van der Waals surface area contributed by atoms with E-state index in [9.17, 15) is 9.18 Å². The van der Waals surface area contributed by atoms with Gasteiger partial charge in [-0.1, -0.05) is 26.0 Å². The Morgan fingerprint density at radius 3 is 2.70 bits per heavy atom. The highest BCUT2D eigenvalue weighted by atomic mass is 19.1. The zero-order valence-corrected chi connectivity index (χ0v) is 13.9. The van der Waals surface area contributed by atoms with Gasteiger partial charge in [0.05, 0.1) is 5.41 Å². The summed E-state index contributed by atoms with van der Waals surface area (Å²) >= 11 is 0. The largest absolute Gasteiger partial charge is 0.396 e. The Morgan fingerprint density at radius 1 is 1.39 bits per heavy atom. The summed E-state index contributed by atoms with van der Waals surface area (Å²) in [6.45, 7) is 5.55. The van der Waals surface area contributed by atoms with E-state index in [4.69, 9.17) is 9.84 Å². The monoisotopic (exact) mass is 323 g/mol. The number of aliphatic hydroxyl groups excluding tert-OH is 1. The van der Waals surface area contributed by atoms with Crippen molar-refractivity contribution in [3.05, 3.63) is 35.6 Å². The third kappa shape index (κ3) is 4.30. The summed E-state index contributed by atoms with van der Waals surface area (Å²) in [5.74, 6) is -0.417. The molecule has 1 amide bonds. The van der Waals surface area contributed by atoms with Crippen molar-refractivity contribution in [2.75, 3.05) is 26.4 Å². The zero-order valence-electron chi connectivity index (χ0n) is 13.9. The highest BCUT2D eigenvalue weighted by Gasteiger charge is 2.42. The molecule has 0 unspecified atom stereocenters. The number of halogens is 1. The van der Waals surface area contributed by atoms with Gasteiger partial charge in [-0.15, -0.1) is 0 Å². The molecule has 128 valence electrons. The minimum absolute atomic E-state index is 0.0857. The van der Waals surface area contributed by atoms with Crippen molar-refractivity contribution in [2.45, 2.75) is 38.5 Å². The first-order valence-electron chi connectivity index (χ1n) is 8.13. The maximum atomic E-state index is 13.6. The Hall–Kier alpha value is -1.46. The summed E-state index contributed by atoms with van der Waals surface area (Å²) in [5, 5.41) is 12.1. The third-order valence-corrected chi connectivity index (χ3v) is 4.67. The molecule has 2 N–H and O–H groups in total. The molecule has 0 radical (unpaired) electrons. The molecular weight excluding hydrogens is 297 g/mol. The number of hydrogen-bond donors (Lipinski definition) is 2. The zero-order chi connectivity index (χ0) is 16.9. The van der Waals surface area contributed by atoms with E-state index in [0.29, 0.717) is 44.6 Å². The average Bonchev–Trinajstić information content (AvgIpc) is 2.53. The number of benzene rings is 1. The first-order chi connectivity index (χ1) is 10.9. The molecule has 0 aromatic heterocycles. The maximum Gasteiger partial charge on any atom is 0.230 e. The van der Waals surface area contributed by atoms with Gasteiger partial charge in [-0.25, -0.2) is 4.39 Å². The number of aliphatic hydroxyl groups is 1. The molecule has 4 nitrogen and oxygen atoms in total. The van der Waals surface area contributed by atoms with Crippen LogP contribution in [0.1, 0.15) is 38.7 Å². The van der Waals surface area contributed by atoms with Crippen LogP contribution >= 0.6 is 0 Å². The molecular formula is C18H26FNO3. The summed E-state index contributed by atoms with van der Waals surface area (Å²) in [6.07, 6.45) is 1.70. The predicted octanol–water partition coefficient (Wildman–Crippen LogP) is 2.40. The van der Waals surface area contributed by atoms with Crippen LogP contribution < -0.4 is 5.32 Å². The van der Waals surface area contributed by atoms with Gasteiger partial charge < -0.3 is 15.2 Å². The number of rotatable bonds is 6. The van der Waals surface area contributed by atoms with Gasteiger partial charge in [0.25, 0.3) is 0 Å². The number of amides is 1. The summed E-state index contributed by atoms with van der Waals surface area (Å²) in [4.78, 5) is 12.9. The minimum atomic E-state index is -0.740. The number of carbonyl (C=O) groups is 1. The maximum absolute atomic E-state index is 13.6. The molecule has 1 fully saturated rings. The van der Waals surface area contributed by atoms with Crippen LogP contribution in [0.25, 0.3) is 0 Å². The van der Waals surface area contributed by atoms with Crippen molar-refractivity contribution in [1.82, 2.24) is 5.32 Å². The SMILES string of the molecule is CC(C)(CCO)CNC(=O)C1(c2cccc(F)c2)CCOCC1. The fraction of sp³-hybridized carbons (Fsp3) is 0.611. The van der Waals surface area contributed by atoms with Gasteiger partial charge in [-0.3, -0.25) is 4.79 Å². The number of hydrogen-bond acceptors (Lipinski definition) is 3. The van der Waals surface area contributed by atoms with Gasteiger partial charge in [0, 0.05) is 26.4 Å². The van der Waals surface area contributed by atoms with E-state index in [1.165, 1.54) is 12.1 Å². The second-order valence-corrected chi connectivity index (χ2v) is 7.03. The summed E-state index contributed by atoms with van der Waals surface area (Å²) < 4.78 is 19.0. The number of nitrogens with one attached hydrogen (secondary N) is 1. The van der Waals surface area contributed by atoms with Gasteiger partial charge in [-0.2, -0.15) is 0 Å². The lowest BCUT2D eigenvalue weighted by Crippen LogP contribution is -2.50. The van der Waals surface area contributed by atoms with Crippen LogP contribution in [0.4, 0.5) is 4.39 Å². The van der Waals surface area contributed by atoms with Gasteiger partial charge in [0.1, 0.15) is 5.82 Å². The van der Waals surface area contributed by atoms with Crippen LogP contribution in [0.3, 0.4) is 0 Å². The van der Waals surface area contributed by atoms with Crippen molar-refractivity contribution >= 4 is 5.91 Å². The minimum Gasteiger partial charge on any atom is -0.396 e. The lowest BCUT2D eigenvalue weighted by molar-refractivity contribution is -0.131. The Kier molecular flexibility index (Phi) is 5.76. The third-order valence-electron chi connectivity index (χ3n) is 4.67. The second kappa shape index (κ2) is 7.41. The van der Waals surface area contributed by atoms with E-state index >= 15 is 0 Å². The van der Waals surface area contributed by atoms with Gasteiger partial charge >= 0.3 is 0 Å². The van der Waals surface area contributed by atoms with Gasteiger partial charge in [0.15, 0.2) is 0 Å². The molecule has 0 bridgehead atoms. The molecule has 1 saturated heterocycles. The second-order valence-electron chi connectivity index (χ2n) is 7.03. The summed E-state index contributed by atoms with van der Waals surface area (Å²) in [5.41, 5.74) is -0.216. The van der Waals surface area contributed by atoms with Crippen LogP contribution in [-0.2, 0) is 14.9 Å². The first-order valence-corrected chi connectivity index (χ1v) is 8.13. The van der Waals surface area contributed by atoms with Crippen LogP contribution in [0.15, 0.2) is 24.3 Å². The Labute approximate surface area is 137 Å². The van der Waals surface area contributed by atoms with Crippen LogP contribution in [-0.4, -0.2) is 37.4 Å². The van der Waals surface area contributed by atoms with Gasteiger partial charge in [0.2, 0.25) is 5.91 Å². The fourth-order valence-electron chi connectivity index (χ4n) is 3.03. The van der Waals surface area contributed by atoms with E-state index < -0.39 is 5.41 Å². The number of carbonyl (C=O) groups excluding carboxylic acids is 1. The molecule has 0 spiro atoms.